The molecule has 8 heteroatoms. The second kappa shape index (κ2) is 4.03. The number of hydrogen-bond donors (Lipinski definition) is 2. The van der Waals surface area contributed by atoms with E-state index in [1.54, 1.807) is 0 Å². The summed E-state index contributed by atoms with van der Waals surface area (Å²) in [5.74, 6) is -3.47. The van der Waals surface area contributed by atoms with Crippen molar-refractivity contribution in [3.05, 3.63) is 0 Å². The Kier molecular flexibility index (Phi) is 3.38. The van der Waals surface area contributed by atoms with Crippen molar-refractivity contribution in [2.24, 2.45) is 11.7 Å². The summed E-state index contributed by atoms with van der Waals surface area (Å²) in [6.45, 7) is 0. The topological polar surface area (TPSA) is 72.2 Å². The maximum atomic E-state index is 12.0. The van der Waals surface area contributed by atoms with E-state index < -0.39 is 21.8 Å². The molecule has 1 atom stereocenters. The van der Waals surface area contributed by atoms with Crippen LogP contribution in [-0.4, -0.2) is 25.2 Å². The Morgan fingerprint density at radius 1 is 1.50 bits per heavy atom. The van der Waals surface area contributed by atoms with Gasteiger partial charge in [-0.2, -0.15) is 8.78 Å². The number of rotatable bonds is 5. The molecule has 0 bridgehead atoms. The molecule has 0 aromatic rings. The van der Waals surface area contributed by atoms with Crippen molar-refractivity contribution in [1.29, 1.82) is 0 Å². The maximum Gasteiger partial charge on any atom is 0.350 e. The highest BCUT2D eigenvalue weighted by molar-refractivity contribution is 7.89. The molecular formula is C6H10F2N2O2S2. The molecule has 0 spiro atoms. The van der Waals surface area contributed by atoms with Gasteiger partial charge in [-0.05, 0) is 18.8 Å². The van der Waals surface area contributed by atoms with Crippen LogP contribution in [0.1, 0.15) is 12.8 Å². The van der Waals surface area contributed by atoms with Crippen LogP contribution in [0.3, 0.4) is 0 Å². The molecule has 3 N–H and O–H groups in total. The molecule has 0 amide bonds. The lowest BCUT2D eigenvalue weighted by atomic mass is 10.2. The van der Waals surface area contributed by atoms with Gasteiger partial charge in [-0.1, -0.05) is 12.2 Å². The summed E-state index contributed by atoms with van der Waals surface area (Å²) in [5.41, 5.74) is 5.24. The molecule has 1 unspecified atom stereocenters. The van der Waals surface area contributed by atoms with Crippen molar-refractivity contribution in [3.63, 3.8) is 0 Å². The Morgan fingerprint density at radius 3 is 2.29 bits per heavy atom. The van der Waals surface area contributed by atoms with Crippen LogP contribution in [0.2, 0.25) is 0 Å². The predicted octanol–water partition coefficient (Wildman–Crippen LogP) is 0.193. The van der Waals surface area contributed by atoms with Gasteiger partial charge in [-0.3, -0.25) is 0 Å². The van der Waals surface area contributed by atoms with E-state index >= 15 is 0 Å². The average molecular weight is 244 g/mol. The first-order chi connectivity index (χ1) is 6.34. The Labute approximate surface area is 85.9 Å². The van der Waals surface area contributed by atoms with Gasteiger partial charge in [0.05, 0.1) is 11.0 Å². The Balaban J connectivity index is 2.69. The molecular weight excluding hydrogens is 234 g/mol. The van der Waals surface area contributed by atoms with E-state index in [0.717, 1.165) is 12.8 Å². The lowest BCUT2D eigenvalue weighted by Crippen LogP contribution is -2.46. The van der Waals surface area contributed by atoms with E-state index in [0.29, 0.717) is 0 Å². The first-order valence-electron chi connectivity index (χ1n) is 3.93. The summed E-state index contributed by atoms with van der Waals surface area (Å²) in [7, 11) is -4.60. The quantitative estimate of drug-likeness (QED) is 0.677. The summed E-state index contributed by atoms with van der Waals surface area (Å²) < 4.78 is 47.4. The van der Waals surface area contributed by atoms with Crippen LogP contribution in [0.15, 0.2) is 0 Å². The molecule has 82 valence electrons. The Hall–Kier alpha value is -0.340. The van der Waals surface area contributed by atoms with E-state index in [2.05, 4.69) is 12.2 Å². The van der Waals surface area contributed by atoms with E-state index in [9.17, 15) is 17.2 Å². The van der Waals surface area contributed by atoms with Gasteiger partial charge in [0.1, 0.15) is 0 Å². The maximum absolute atomic E-state index is 12.0. The molecule has 1 aliphatic carbocycles. The van der Waals surface area contributed by atoms with Gasteiger partial charge >= 0.3 is 5.76 Å². The first-order valence-corrected chi connectivity index (χ1v) is 5.88. The number of nitrogens with two attached hydrogens (primary N) is 1. The molecule has 0 heterocycles. The second-order valence-corrected chi connectivity index (χ2v) is 5.29. The Bertz CT molecular complexity index is 327. The van der Waals surface area contributed by atoms with Crippen LogP contribution in [-0.2, 0) is 10.0 Å². The Morgan fingerprint density at radius 2 is 2.00 bits per heavy atom. The second-order valence-electron chi connectivity index (χ2n) is 3.14. The molecule has 1 fully saturated rings. The van der Waals surface area contributed by atoms with Crippen molar-refractivity contribution in [2.45, 2.75) is 24.6 Å². The third-order valence-corrected chi connectivity index (χ3v) is 3.23. The molecule has 1 saturated carbocycles. The van der Waals surface area contributed by atoms with Crippen LogP contribution >= 0.6 is 12.2 Å². The summed E-state index contributed by atoms with van der Waals surface area (Å²) in [6, 6.07) is -0.830. The third kappa shape index (κ3) is 2.82. The lowest BCUT2D eigenvalue weighted by molar-refractivity contribution is 0.232. The smallest absolute Gasteiger partial charge is 0.350 e. The standard InChI is InChI=1S/C6H10F2N2O2S2/c7-6(8)14(11,12)10-4(5(9)13)3-1-2-3/h3-4,6,10H,1-2H2,(H2,9,13). The highest BCUT2D eigenvalue weighted by Gasteiger charge is 2.38. The lowest BCUT2D eigenvalue weighted by Gasteiger charge is -2.15. The molecule has 0 aromatic carbocycles. The van der Waals surface area contributed by atoms with E-state index in [4.69, 9.17) is 5.73 Å². The molecule has 1 aliphatic rings. The number of halogens is 2. The zero-order valence-corrected chi connectivity index (χ0v) is 8.75. The molecule has 14 heavy (non-hydrogen) atoms. The van der Waals surface area contributed by atoms with Gasteiger partial charge in [0.2, 0.25) is 0 Å². The van der Waals surface area contributed by atoms with Gasteiger partial charge in [-0.15, -0.1) is 0 Å². The van der Waals surface area contributed by atoms with Crippen LogP contribution in [0.5, 0.6) is 0 Å². The molecule has 0 radical (unpaired) electrons. The molecule has 4 nitrogen and oxygen atoms in total. The van der Waals surface area contributed by atoms with Crippen molar-refractivity contribution >= 4 is 27.2 Å². The van der Waals surface area contributed by atoms with E-state index in [1.807, 2.05) is 4.72 Å². The minimum atomic E-state index is -4.60. The number of sulfonamides is 1. The van der Waals surface area contributed by atoms with Crippen molar-refractivity contribution in [3.8, 4) is 0 Å². The van der Waals surface area contributed by atoms with Crippen LogP contribution in [0, 0.1) is 5.92 Å². The van der Waals surface area contributed by atoms with Crippen molar-refractivity contribution in [1.82, 2.24) is 4.72 Å². The number of thiocarbonyl (C=S) groups is 1. The molecule has 0 saturated heterocycles. The van der Waals surface area contributed by atoms with Crippen molar-refractivity contribution < 1.29 is 17.2 Å². The molecule has 1 rings (SSSR count). The van der Waals surface area contributed by atoms with Gasteiger partial charge in [-0.25, -0.2) is 13.1 Å². The molecule has 0 aliphatic heterocycles. The number of alkyl halides is 2. The van der Waals surface area contributed by atoms with Crippen LogP contribution < -0.4 is 10.5 Å². The third-order valence-electron chi connectivity index (χ3n) is 1.93. The zero-order chi connectivity index (χ0) is 10.9. The van der Waals surface area contributed by atoms with Crippen LogP contribution in [0.25, 0.3) is 0 Å². The fraction of sp³-hybridized carbons (Fsp3) is 0.833. The van der Waals surface area contributed by atoms with Gasteiger partial charge in [0.15, 0.2) is 0 Å². The summed E-state index contributed by atoms with van der Waals surface area (Å²) in [6.07, 6.45) is 1.52. The fourth-order valence-electron chi connectivity index (χ4n) is 1.04. The number of hydrogen-bond acceptors (Lipinski definition) is 3. The number of nitrogens with one attached hydrogen (secondary N) is 1. The average Bonchev–Trinajstić information content (AvgIpc) is 2.81. The monoisotopic (exact) mass is 244 g/mol. The van der Waals surface area contributed by atoms with E-state index in [1.165, 1.54) is 0 Å². The van der Waals surface area contributed by atoms with Crippen molar-refractivity contribution in [2.75, 3.05) is 0 Å². The largest absolute Gasteiger partial charge is 0.392 e. The minimum absolute atomic E-state index is 0.0268. The van der Waals surface area contributed by atoms with E-state index in [-0.39, 0.29) is 10.9 Å². The van der Waals surface area contributed by atoms with Gasteiger partial charge in [0, 0.05) is 0 Å². The normalized spacial score (nSPS) is 19.6. The fourth-order valence-corrected chi connectivity index (χ4v) is 2.15. The highest BCUT2D eigenvalue weighted by Crippen LogP contribution is 2.33. The summed E-state index contributed by atoms with van der Waals surface area (Å²) in [5, 5.41) is 0. The SMILES string of the molecule is NC(=S)C(NS(=O)(=O)C(F)F)C1CC1. The zero-order valence-electron chi connectivity index (χ0n) is 7.11. The van der Waals surface area contributed by atoms with Crippen LogP contribution in [0.4, 0.5) is 8.78 Å². The predicted molar refractivity (Wildman–Crippen MR) is 51.4 cm³/mol. The highest BCUT2D eigenvalue weighted by atomic mass is 32.2. The summed E-state index contributed by atoms with van der Waals surface area (Å²) >= 11 is 4.59. The van der Waals surface area contributed by atoms with Gasteiger partial charge in [0.25, 0.3) is 10.0 Å². The molecule has 0 aromatic heterocycles. The first kappa shape index (κ1) is 11.7. The van der Waals surface area contributed by atoms with Gasteiger partial charge < -0.3 is 5.73 Å². The summed E-state index contributed by atoms with van der Waals surface area (Å²) in [4.78, 5) is -0.0864. The minimum Gasteiger partial charge on any atom is -0.392 e.